The van der Waals surface area contributed by atoms with Gasteiger partial charge in [0.1, 0.15) is 5.75 Å². The topological polar surface area (TPSA) is 67.4 Å². The van der Waals surface area contributed by atoms with Gasteiger partial charge in [0.05, 0.1) is 16.1 Å². The molecular formula is C17H16Cl2N2O3. The Morgan fingerprint density at radius 3 is 1.96 bits per heavy atom. The minimum absolute atomic E-state index is 0.0511. The van der Waals surface area contributed by atoms with Crippen molar-refractivity contribution in [1.29, 1.82) is 0 Å². The molecule has 0 saturated carbocycles. The third kappa shape index (κ3) is 4.88. The van der Waals surface area contributed by atoms with Gasteiger partial charge in [-0.1, -0.05) is 23.2 Å². The number of hydrogen-bond acceptors (Lipinski definition) is 3. The van der Waals surface area contributed by atoms with Crippen molar-refractivity contribution < 1.29 is 14.3 Å². The number of ether oxygens (including phenoxy) is 1. The molecule has 0 fully saturated rings. The highest BCUT2D eigenvalue weighted by molar-refractivity contribution is 6.42. The van der Waals surface area contributed by atoms with Crippen LogP contribution in [0.15, 0.2) is 42.5 Å². The highest BCUT2D eigenvalue weighted by Crippen LogP contribution is 2.22. The average Bonchev–Trinajstić information content (AvgIpc) is 2.55. The van der Waals surface area contributed by atoms with Crippen LogP contribution in [-0.4, -0.2) is 17.9 Å². The van der Waals surface area contributed by atoms with Gasteiger partial charge in [-0.25, -0.2) is 0 Å². The minimum Gasteiger partial charge on any atom is -0.491 e. The third-order valence-corrected chi connectivity index (χ3v) is 3.70. The van der Waals surface area contributed by atoms with Crippen LogP contribution in [0.4, 0.5) is 0 Å². The first-order valence-corrected chi connectivity index (χ1v) is 7.95. The number of carbonyl (C=O) groups is 2. The van der Waals surface area contributed by atoms with Crippen LogP contribution >= 0.6 is 23.2 Å². The molecule has 0 saturated heterocycles. The normalized spacial score (nSPS) is 10.4. The van der Waals surface area contributed by atoms with Gasteiger partial charge in [-0.05, 0) is 56.3 Å². The van der Waals surface area contributed by atoms with Crippen molar-refractivity contribution in [3.8, 4) is 5.75 Å². The van der Waals surface area contributed by atoms with E-state index in [0.29, 0.717) is 16.3 Å². The van der Waals surface area contributed by atoms with Crippen molar-refractivity contribution in [3.63, 3.8) is 0 Å². The molecular weight excluding hydrogens is 351 g/mol. The SMILES string of the molecule is CC(C)Oc1ccc(C(=O)NNC(=O)c2ccc(Cl)c(Cl)c2)cc1. The summed E-state index contributed by atoms with van der Waals surface area (Å²) < 4.78 is 5.50. The molecule has 0 aliphatic rings. The van der Waals surface area contributed by atoms with Crippen LogP contribution in [0.25, 0.3) is 0 Å². The maximum Gasteiger partial charge on any atom is 0.269 e. The molecule has 7 heteroatoms. The van der Waals surface area contributed by atoms with Crippen molar-refractivity contribution in [2.75, 3.05) is 0 Å². The molecule has 2 aromatic rings. The number of halogens is 2. The molecule has 2 N–H and O–H groups in total. The summed E-state index contributed by atoms with van der Waals surface area (Å²) in [5, 5.41) is 0.609. The van der Waals surface area contributed by atoms with E-state index in [1.807, 2.05) is 13.8 Å². The summed E-state index contributed by atoms with van der Waals surface area (Å²) in [6.07, 6.45) is 0.0511. The zero-order valence-corrected chi connectivity index (χ0v) is 14.6. The molecule has 2 amide bonds. The Hall–Kier alpha value is -2.24. The van der Waals surface area contributed by atoms with Gasteiger partial charge in [0.25, 0.3) is 11.8 Å². The summed E-state index contributed by atoms with van der Waals surface area (Å²) in [4.78, 5) is 24.0. The molecule has 0 heterocycles. The number of nitrogens with one attached hydrogen (secondary N) is 2. The summed E-state index contributed by atoms with van der Waals surface area (Å²) >= 11 is 11.6. The summed E-state index contributed by atoms with van der Waals surface area (Å²) in [5.41, 5.74) is 5.33. The van der Waals surface area contributed by atoms with Crippen LogP contribution in [0.5, 0.6) is 5.75 Å². The van der Waals surface area contributed by atoms with Crippen LogP contribution in [0, 0.1) is 0 Å². The fourth-order valence-electron chi connectivity index (χ4n) is 1.85. The van der Waals surface area contributed by atoms with E-state index in [9.17, 15) is 9.59 Å². The standard InChI is InChI=1S/C17H16Cl2N2O3/c1-10(2)24-13-6-3-11(4-7-13)16(22)20-21-17(23)12-5-8-14(18)15(19)9-12/h3-10H,1-2H3,(H,20,22)(H,21,23). The predicted octanol–water partition coefficient (Wildman–Crippen LogP) is 3.86. The van der Waals surface area contributed by atoms with Crippen LogP contribution in [-0.2, 0) is 0 Å². The molecule has 0 unspecified atom stereocenters. The number of amides is 2. The summed E-state index contributed by atoms with van der Waals surface area (Å²) in [7, 11) is 0. The lowest BCUT2D eigenvalue weighted by molar-refractivity contribution is 0.0846. The van der Waals surface area contributed by atoms with E-state index < -0.39 is 11.8 Å². The first-order valence-electron chi connectivity index (χ1n) is 7.19. The fourth-order valence-corrected chi connectivity index (χ4v) is 2.15. The Bertz CT molecular complexity index is 746. The van der Waals surface area contributed by atoms with Crippen LogP contribution in [0.3, 0.4) is 0 Å². The molecule has 5 nitrogen and oxygen atoms in total. The molecule has 126 valence electrons. The number of hydrazine groups is 1. The molecule has 0 bridgehead atoms. The summed E-state index contributed by atoms with van der Waals surface area (Å²) in [6, 6.07) is 11.0. The minimum atomic E-state index is -0.498. The largest absolute Gasteiger partial charge is 0.491 e. The fraction of sp³-hybridized carbons (Fsp3) is 0.176. The highest BCUT2D eigenvalue weighted by Gasteiger charge is 2.11. The van der Waals surface area contributed by atoms with Crippen molar-refractivity contribution in [3.05, 3.63) is 63.6 Å². The van der Waals surface area contributed by atoms with Crippen LogP contribution in [0.1, 0.15) is 34.6 Å². The van der Waals surface area contributed by atoms with Gasteiger partial charge in [-0.3, -0.25) is 20.4 Å². The van der Waals surface area contributed by atoms with Gasteiger partial charge < -0.3 is 4.74 Å². The van der Waals surface area contributed by atoms with Gasteiger partial charge in [-0.2, -0.15) is 0 Å². The van der Waals surface area contributed by atoms with Crippen molar-refractivity contribution in [1.82, 2.24) is 10.9 Å². The van der Waals surface area contributed by atoms with Gasteiger partial charge in [0.2, 0.25) is 0 Å². The van der Waals surface area contributed by atoms with Gasteiger partial charge in [-0.15, -0.1) is 0 Å². The Morgan fingerprint density at radius 2 is 1.42 bits per heavy atom. The number of rotatable bonds is 4. The quantitative estimate of drug-likeness (QED) is 0.807. The molecule has 0 atom stereocenters. The monoisotopic (exact) mass is 366 g/mol. The molecule has 0 aliphatic heterocycles. The Labute approximate surface area is 149 Å². The molecule has 0 aromatic heterocycles. The van der Waals surface area contributed by atoms with E-state index in [1.165, 1.54) is 18.2 Å². The lowest BCUT2D eigenvalue weighted by Crippen LogP contribution is -2.41. The van der Waals surface area contributed by atoms with E-state index in [2.05, 4.69) is 10.9 Å². The second-order valence-electron chi connectivity index (χ2n) is 5.23. The third-order valence-electron chi connectivity index (χ3n) is 2.96. The Morgan fingerprint density at radius 1 is 0.875 bits per heavy atom. The molecule has 2 aromatic carbocycles. The van der Waals surface area contributed by atoms with Crippen molar-refractivity contribution in [2.24, 2.45) is 0 Å². The van der Waals surface area contributed by atoms with Gasteiger partial charge in [0.15, 0.2) is 0 Å². The van der Waals surface area contributed by atoms with E-state index >= 15 is 0 Å². The van der Waals surface area contributed by atoms with Gasteiger partial charge >= 0.3 is 0 Å². The first kappa shape index (κ1) is 18.1. The zero-order valence-electron chi connectivity index (χ0n) is 13.1. The highest BCUT2D eigenvalue weighted by atomic mass is 35.5. The zero-order chi connectivity index (χ0) is 17.7. The lowest BCUT2D eigenvalue weighted by atomic mass is 10.2. The summed E-state index contributed by atoms with van der Waals surface area (Å²) in [5.74, 6) is -0.275. The molecule has 0 aliphatic carbocycles. The van der Waals surface area contributed by atoms with E-state index in [0.717, 1.165) is 0 Å². The lowest BCUT2D eigenvalue weighted by Gasteiger charge is -2.11. The van der Waals surface area contributed by atoms with Crippen molar-refractivity contribution in [2.45, 2.75) is 20.0 Å². The average molecular weight is 367 g/mol. The number of carbonyl (C=O) groups excluding carboxylic acids is 2. The number of hydrogen-bond donors (Lipinski definition) is 2. The predicted molar refractivity (Wildman–Crippen MR) is 93.6 cm³/mol. The maximum absolute atomic E-state index is 12.0. The van der Waals surface area contributed by atoms with Gasteiger partial charge in [0, 0.05) is 11.1 Å². The van der Waals surface area contributed by atoms with E-state index in [-0.39, 0.29) is 16.7 Å². The van der Waals surface area contributed by atoms with E-state index in [4.69, 9.17) is 27.9 Å². The van der Waals surface area contributed by atoms with Crippen molar-refractivity contribution >= 4 is 35.0 Å². The maximum atomic E-state index is 12.0. The van der Waals surface area contributed by atoms with Crippen LogP contribution in [0.2, 0.25) is 10.0 Å². The molecule has 0 spiro atoms. The van der Waals surface area contributed by atoms with E-state index in [1.54, 1.807) is 24.3 Å². The molecule has 0 radical (unpaired) electrons. The summed E-state index contributed by atoms with van der Waals surface area (Å²) in [6.45, 7) is 3.83. The smallest absolute Gasteiger partial charge is 0.269 e. The molecule has 24 heavy (non-hydrogen) atoms. The molecule has 2 rings (SSSR count). The first-order chi connectivity index (χ1) is 11.4. The number of benzene rings is 2. The Kier molecular flexibility index (Phi) is 6.06. The Balaban J connectivity index is 1.94. The van der Waals surface area contributed by atoms with Crippen LogP contribution < -0.4 is 15.6 Å². The second kappa shape index (κ2) is 8.04. The second-order valence-corrected chi connectivity index (χ2v) is 6.04.